The second-order valence-corrected chi connectivity index (χ2v) is 7.83. The van der Waals surface area contributed by atoms with Crippen molar-refractivity contribution in [2.24, 2.45) is 0 Å². The normalized spacial score (nSPS) is 23.2. The van der Waals surface area contributed by atoms with Crippen LogP contribution in [0.4, 0.5) is 23.7 Å². The molecule has 0 aliphatic carbocycles. The number of amides is 2. The van der Waals surface area contributed by atoms with Gasteiger partial charge in [-0.2, -0.15) is 0 Å². The first-order valence-electron chi connectivity index (χ1n) is 10.2. The molecule has 164 valence electrons. The van der Waals surface area contributed by atoms with Gasteiger partial charge in [0.1, 0.15) is 18.3 Å². The van der Waals surface area contributed by atoms with Crippen molar-refractivity contribution in [2.45, 2.75) is 24.5 Å². The molecular weight excluding hydrogens is 407 g/mol. The predicted octanol–water partition coefficient (Wildman–Crippen LogP) is 3.35. The third-order valence-electron chi connectivity index (χ3n) is 5.83. The van der Waals surface area contributed by atoms with Crippen LogP contribution in [0.2, 0.25) is 0 Å². The zero-order chi connectivity index (χ0) is 22.0. The topological polar surface area (TPSA) is 55.8 Å². The summed E-state index contributed by atoms with van der Waals surface area (Å²) in [5.74, 6) is -1.17. The van der Waals surface area contributed by atoms with Gasteiger partial charge in [-0.25, -0.2) is 18.0 Å². The van der Waals surface area contributed by atoms with E-state index in [4.69, 9.17) is 0 Å². The van der Waals surface area contributed by atoms with Crippen LogP contribution in [0.1, 0.15) is 12.0 Å². The number of nitrogens with one attached hydrogen (secondary N) is 1. The fourth-order valence-electron chi connectivity index (χ4n) is 4.27. The van der Waals surface area contributed by atoms with Gasteiger partial charge in [0.25, 0.3) is 0 Å². The Morgan fingerprint density at radius 2 is 1.97 bits per heavy atom. The Bertz CT molecular complexity index is 970. The SMILES string of the molecule is O=C(N1CC(c2cc(F)ccc2F)=C[C@H]1CO)N(c1ccccc1)[C@@H]1CN[C@@H](CF)C1. The quantitative estimate of drug-likeness (QED) is 0.764. The first kappa shape index (κ1) is 21.4. The van der Waals surface area contributed by atoms with Gasteiger partial charge in [0, 0.05) is 30.4 Å². The van der Waals surface area contributed by atoms with Gasteiger partial charge >= 0.3 is 6.03 Å². The molecule has 1 saturated heterocycles. The third kappa shape index (κ3) is 4.31. The number of aliphatic hydroxyl groups is 1. The Hall–Kier alpha value is -2.84. The maximum atomic E-state index is 14.3. The minimum Gasteiger partial charge on any atom is -0.394 e. The van der Waals surface area contributed by atoms with E-state index >= 15 is 0 Å². The molecule has 0 aromatic heterocycles. The van der Waals surface area contributed by atoms with Crippen LogP contribution in [-0.2, 0) is 0 Å². The second-order valence-electron chi connectivity index (χ2n) is 7.83. The zero-order valence-electron chi connectivity index (χ0n) is 16.8. The van der Waals surface area contributed by atoms with Crippen LogP contribution in [-0.4, -0.2) is 60.5 Å². The molecule has 0 radical (unpaired) electrons. The lowest BCUT2D eigenvalue weighted by atomic mass is 10.1. The predicted molar refractivity (Wildman–Crippen MR) is 112 cm³/mol. The molecule has 0 bridgehead atoms. The second kappa shape index (κ2) is 9.11. The summed E-state index contributed by atoms with van der Waals surface area (Å²) in [6, 6.07) is 10.6. The van der Waals surface area contributed by atoms with Crippen molar-refractivity contribution in [1.29, 1.82) is 0 Å². The molecule has 0 spiro atoms. The molecule has 8 heteroatoms. The van der Waals surface area contributed by atoms with E-state index in [1.807, 2.05) is 18.2 Å². The van der Waals surface area contributed by atoms with E-state index in [0.29, 0.717) is 24.2 Å². The van der Waals surface area contributed by atoms with E-state index in [9.17, 15) is 23.1 Å². The number of hydrogen-bond donors (Lipinski definition) is 2. The number of aliphatic hydroxyl groups excluding tert-OH is 1. The average molecular weight is 431 g/mol. The summed E-state index contributed by atoms with van der Waals surface area (Å²) < 4.78 is 41.2. The van der Waals surface area contributed by atoms with E-state index in [1.54, 1.807) is 23.1 Å². The van der Waals surface area contributed by atoms with Crippen LogP contribution in [0.15, 0.2) is 54.6 Å². The van der Waals surface area contributed by atoms with Gasteiger partial charge in [0.15, 0.2) is 0 Å². The van der Waals surface area contributed by atoms with Gasteiger partial charge in [-0.3, -0.25) is 4.90 Å². The first-order valence-corrected chi connectivity index (χ1v) is 10.2. The number of nitrogens with zero attached hydrogens (tertiary/aromatic N) is 2. The molecule has 2 aliphatic heterocycles. The molecule has 0 saturated carbocycles. The maximum absolute atomic E-state index is 14.3. The highest BCUT2D eigenvalue weighted by atomic mass is 19.1. The molecule has 5 nitrogen and oxygen atoms in total. The van der Waals surface area contributed by atoms with Crippen LogP contribution >= 0.6 is 0 Å². The largest absolute Gasteiger partial charge is 0.394 e. The highest BCUT2D eigenvalue weighted by Gasteiger charge is 2.38. The van der Waals surface area contributed by atoms with E-state index < -0.39 is 24.4 Å². The van der Waals surface area contributed by atoms with Crippen molar-refractivity contribution in [3.05, 3.63) is 71.8 Å². The molecule has 2 amide bonds. The molecule has 2 aromatic carbocycles. The minimum absolute atomic E-state index is 0.0282. The Labute approximate surface area is 178 Å². The minimum atomic E-state index is -0.678. The Morgan fingerprint density at radius 1 is 1.19 bits per heavy atom. The molecule has 1 fully saturated rings. The summed E-state index contributed by atoms with van der Waals surface area (Å²) in [5.41, 5.74) is 1.16. The van der Waals surface area contributed by atoms with Gasteiger partial charge in [-0.1, -0.05) is 24.3 Å². The molecule has 3 atom stereocenters. The summed E-state index contributed by atoms with van der Waals surface area (Å²) in [6.07, 6.45) is 2.05. The molecule has 2 aliphatic rings. The average Bonchev–Trinajstić information content (AvgIpc) is 3.43. The Balaban J connectivity index is 1.63. The highest BCUT2D eigenvalue weighted by molar-refractivity contribution is 5.95. The molecule has 31 heavy (non-hydrogen) atoms. The van der Waals surface area contributed by atoms with Crippen molar-refractivity contribution in [3.8, 4) is 0 Å². The summed E-state index contributed by atoms with van der Waals surface area (Å²) >= 11 is 0. The number of halogens is 3. The smallest absolute Gasteiger partial charge is 0.325 e. The number of alkyl halides is 1. The van der Waals surface area contributed by atoms with Crippen molar-refractivity contribution >= 4 is 17.3 Å². The molecular formula is C23H24F3N3O2. The lowest BCUT2D eigenvalue weighted by Crippen LogP contribution is -2.51. The summed E-state index contributed by atoms with van der Waals surface area (Å²) in [5, 5.41) is 13.0. The number of para-hydroxylation sites is 1. The number of urea groups is 1. The van der Waals surface area contributed by atoms with Crippen LogP contribution in [0.25, 0.3) is 5.57 Å². The van der Waals surface area contributed by atoms with Crippen molar-refractivity contribution in [2.75, 3.05) is 31.3 Å². The zero-order valence-corrected chi connectivity index (χ0v) is 16.8. The van der Waals surface area contributed by atoms with Crippen LogP contribution < -0.4 is 10.2 Å². The van der Waals surface area contributed by atoms with Gasteiger partial charge in [-0.15, -0.1) is 0 Å². The number of anilines is 1. The highest BCUT2D eigenvalue weighted by Crippen LogP contribution is 2.31. The molecule has 2 aromatic rings. The Morgan fingerprint density at radius 3 is 2.65 bits per heavy atom. The monoisotopic (exact) mass is 431 g/mol. The van der Waals surface area contributed by atoms with Gasteiger partial charge in [-0.05, 0) is 42.3 Å². The van der Waals surface area contributed by atoms with Crippen molar-refractivity contribution < 1.29 is 23.1 Å². The molecule has 4 rings (SSSR count). The fourth-order valence-corrected chi connectivity index (χ4v) is 4.27. The lowest BCUT2D eigenvalue weighted by Gasteiger charge is -2.35. The standard InChI is InChI=1S/C23H24F3N3O2/c24-11-17-10-19(12-27-17)29(18-4-2-1-3-5-18)23(31)28-13-15(8-20(28)14-30)21-9-16(25)6-7-22(21)26/h1-9,17,19-20,27,30H,10-14H2/t17-,19+,20+/m1/s1. The summed E-state index contributed by atoms with van der Waals surface area (Å²) in [7, 11) is 0. The molecule has 2 heterocycles. The van der Waals surface area contributed by atoms with Crippen molar-refractivity contribution in [3.63, 3.8) is 0 Å². The van der Waals surface area contributed by atoms with E-state index in [1.165, 1.54) is 4.90 Å². The van der Waals surface area contributed by atoms with Gasteiger partial charge in [0.2, 0.25) is 0 Å². The number of benzene rings is 2. The fraction of sp³-hybridized carbons (Fsp3) is 0.348. The Kier molecular flexibility index (Phi) is 6.29. The van der Waals surface area contributed by atoms with Crippen LogP contribution in [0.5, 0.6) is 0 Å². The number of carbonyl (C=O) groups is 1. The molecule has 2 N–H and O–H groups in total. The van der Waals surface area contributed by atoms with E-state index in [0.717, 1.165) is 18.2 Å². The summed E-state index contributed by atoms with van der Waals surface area (Å²) in [6.45, 7) is -0.419. The summed E-state index contributed by atoms with van der Waals surface area (Å²) in [4.78, 5) is 16.7. The van der Waals surface area contributed by atoms with Crippen LogP contribution in [0.3, 0.4) is 0 Å². The first-order chi connectivity index (χ1) is 15.0. The number of carbonyl (C=O) groups excluding carboxylic acids is 1. The third-order valence-corrected chi connectivity index (χ3v) is 5.83. The maximum Gasteiger partial charge on any atom is 0.325 e. The number of rotatable bonds is 5. The van der Waals surface area contributed by atoms with E-state index in [2.05, 4.69) is 5.32 Å². The molecule has 0 unspecified atom stereocenters. The lowest BCUT2D eigenvalue weighted by molar-refractivity contribution is 0.170. The van der Waals surface area contributed by atoms with Crippen LogP contribution in [0, 0.1) is 11.6 Å². The van der Waals surface area contributed by atoms with Gasteiger partial charge < -0.3 is 15.3 Å². The van der Waals surface area contributed by atoms with Gasteiger partial charge in [0.05, 0.1) is 18.7 Å². The number of hydrogen-bond acceptors (Lipinski definition) is 3. The van der Waals surface area contributed by atoms with E-state index in [-0.39, 0.29) is 36.8 Å². The van der Waals surface area contributed by atoms with Crippen molar-refractivity contribution in [1.82, 2.24) is 10.2 Å².